The lowest BCUT2D eigenvalue weighted by molar-refractivity contribution is 0.156. The van der Waals surface area contributed by atoms with E-state index in [1.54, 1.807) is 6.08 Å². The van der Waals surface area contributed by atoms with Gasteiger partial charge in [0.15, 0.2) is 0 Å². The number of hydrogen-bond acceptors (Lipinski definition) is 2. The Labute approximate surface area is 108 Å². The van der Waals surface area contributed by atoms with Crippen LogP contribution in [0.15, 0.2) is 36.6 Å². The number of nitrogens with zero attached hydrogens (tertiary/aromatic N) is 1. The van der Waals surface area contributed by atoms with E-state index in [2.05, 4.69) is 17.2 Å². The minimum Gasteiger partial charge on any atom is -0.335 e. The molecule has 2 aliphatic rings. The maximum Gasteiger partial charge on any atom is 0.322 e. The topological polar surface area (TPSA) is 44.4 Å². The van der Waals surface area contributed by atoms with E-state index in [9.17, 15) is 4.79 Å². The highest BCUT2D eigenvalue weighted by atomic mass is 16.2. The molecule has 0 bridgehead atoms. The lowest BCUT2D eigenvalue weighted by Gasteiger charge is -2.40. The predicted octanol–water partition coefficient (Wildman–Crippen LogP) is 1.78. The van der Waals surface area contributed by atoms with Crippen LogP contribution >= 0.6 is 0 Å². The third-order valence-electron chi connectivity index (χ3n) is 3.66. The average Bonchev–Trinajstić information content (AvgIpc) is 2.67. The fourth-order valence-corrected chi connectivity index (χ4v) is 2.79. The van der Waals surface area contributed by atoms with Crippen LogP contribution in [0.1, 0.15) is 19.8 Å². The largest absolute Gasteiger partial charge is 0.335 e. The number of allylic oxidation sites excluding steroid dienone is 4. The first-order valence-electron chi connectivity index (χ1n) is 6.48. The van der Waals surface area contributed by atoms with Crippen LogP contribution < -0.4 is 10.6 Å². The van der Waals surface area contributed by atoms with Crippen molar-refractivity contribution in [1.29, 1.82) is 0 Å². The summed E-state index contributed by atoms with van der Waals surface area (Å²) in [6, 6.07) is 0.00287. The van der Waals surface area contributed by atoms with Crippen LogP contribution in [0.25, 0.3) is 0 Å². The Morgan fingerprint density at radius 3 is 2.78 bits per heavy atom. The molecule has 0 radical (unpaired) electrons. The van der Waals surface area contributed by atoms with Crippen LogP contribution in [0.3, 0.4) is 0 Å². The SMILES string of the molecule is C=C/C=C(\C=C/C)N1C(=O)NCC12CCNCC2. The molecular formula is C14H21N3O. The third kappa shape index (κ3) is 2.20. The van der Waals surface area contributed by atoms with Crippen molar-refractivity contribution in [2.45, 2.75) is 25.3 Å². The summed E-state index contributed by atoms with van der Waals surface area (Å²) in [5, 5.41) is 6.33. The van der Waals surface area contributed by atoms with E-state index in [1.165, 1.54) is 0 Å². The summed E-state index contributed by atoms with van der Waals surface area (Å²) in [6.45, 7) is 8.35. The second-order valence-corrected chi connectivity index (χ2v) is 4.80. The van der Waals surface area contributed by atoms with Crippen molar-refractivity contribution in [3.8, 4) is 0 Å². The third-order valence-corrected chi connectivity index (χ3v) is 3.66. The summed E-state index contributed by atoms with van der Waals surface area (Å²) in [5.74, 6) is 0. The van der Waals surface area contributed by atoms with E-state index in [1.807, 2.05) is 30.1 Å². The molecular weight excluding hydrogens is 226 g/mol. The molecule has 2 rings (SSSR count). The molecule has 0 aromatic heterocycles. The van der Waals surface area contributed by atoms with Crippen molar-refractivity contribution in [2.24, 2.45) is 0 Å². The van der Waals surface area contributed by atoms with Gasteiger partial charge in [-0.2, -0.15) is 0 Å². The maximum atomic E-state index is 12.1. The molecule has 2 N–H and O–H groups in total. The Bertz CT molecular complexity index is 392. The zero-order valence-electron chi connectivity index (χ0n) is 10.9. The molecule has 0 saturated carbocycles. The van der Waals surface area contributed by atoms with Gasteiger partial charge in [0.1, 0.15) is 0 Å². The quantitative estimate of drug-likeness (QED) is 0.747. The van der Waals surface area contributed by atoms with Crippen LogP contribution in [0.5, 0.6) is 0 Å². The molecule has 2 heterocycles. The number of rotatable bonds is 3. The van der Waals surface area contributed by atoms with Gasteiger partial charge in [0, 0.05) is 12.2 Å². The average molecular weight is 247 g/mol. The van der Waals surface area contributed by atoms with E-state index < -0.39 is 0 Å². The number of amides is 2. The van der Waals surface area contributed by atoms with E-state index >= 15 is 0 Å². The highest BCUT2D eigenvalue weighted by molar-refractivity contribution is 5.80. The van der Waals surface area contributed by atoms with E-state index in [4.69, 9.17) is 0 Å². The van der Waals surface area contributed by atoms with E-state index in [0.29, 0.717) is 0 Å². The molecule has 0 unspecified atom stereocenters. The number of nitrogens with one attached hydrogen (secondary N) is 2. The van der Waals surface area contributed by atoms with Crippen LogP contribution in [0, 0.1) is 0 Å². The lowest BCUT2D eigenvalue weighted by Crippen LogP contribution is -2.52. The molecule has 2 fully saturated rings. The zero-order valence-corrected chi connectivity index (χ0v) is 10.9. The van der Waals surface area contributed by atoms with Gasteiger partial charge in [-0.3, -0.25) is 4.90 Å². The van der Waals surface area contributed by atoms with Crippen molar-refractivity contribution in [1.82, 2.24) is 15.5 Å². The van der Waals surface area contributed by atoms with Crippen LogP contribution in [0.4, 0.5) is 4.79 Å². The highest BCUT2D eigenvalue weighted by Gasteiger charge is 2.46. The van der Waals surface area contributed by atoms with Crippen LogP contribution in [-0.2, 0) is 0 Å². The number of carbonyl (C=O) groups is 1. The molecule has 0 aromatic carbocycles. The van der Waals surface area contributed by atoms with Gasteiger partial charge >= 0.3 is 6.03 Å². The van der Waals surface area contributed by atoms with Crippen molar-refractivity contribution >= 4 is 6.03 Å². The number of hydrogen-bond donors (Lipinski definition) is 2. The van der Waals surface area contributed by atoms with Crippen molar-refractivity contribution < 1.29 is 4.79 Å². The van der Waals surface area contributed by atoms with Crippen molar-refractivity contribution in [2.75, 3.05) is 19.6 Å². The number of urea groups is 1. The molecule has 98 valence electrons. The zero-order chi connectivity index (χ0) is 13.0. The second-order valence-electron chi connectivity index (χ2n) is 4.80. The standard InChI is InChI=1S/C14H21N3O/c1-3-5-12(6-4-2)17-13(18)16-11-14(17)7-9-15-10-8-14/h3-6,15H,1,7-11H2,2H3,(H,16,18)/b6-4-,12-5+. The van der Waals surface area contributed by atoms with Gasteiger partial charge < -0.3 is 10.6 Å². The fourth-order valence-electron chi connectivity index (χ4n) is 2.79. The summed E-state index contributed by atoms with van der Waals surface area (Å²) in [4.78, 5) is 14.0. The Morgan fingerprint density at radius 1 is 1.44 bits per heavy atom. The minimum absolute atomic E-state index is 0.00287. The van der Waals surface area contributed by atoms with Crippen molar-refractivity contribution in [3.63, 3.8) is 0 Å². The van der Waals surface area contributed by atoms with E-state index in [0.717, 1.165) is 38.2 Å². The Balaban J connectivity index is 2.34. The summed E-state index contributed by atoms with van der Waals surface area (Å²) in [7, 11) is 0. The normalized spacial score (nSPS) is 23.7. The molecule has 1 spiro atoms. The minimum atomic E-state index is -0.0727. The Hall–Kier alpha value is -1.55. The van der Waals surface area contributed by atoms with Crippen LogP contribution in [-0.4, -0.2) is 36.1 Å². The van der Waals surface area contributed by atoms with Gasteiger partial charge in [-0.05, 0) is 45.0 Å². The lowest BCUT2D eigenvalue weighted by atomic mass is 9.87. The highest BCUT2D eigenvalue weighted by Crippen LogP contribution is 2.33. The molecule has 2 saturated heterocycles. The molecule has 4 nitrogen and oxygen atoms in total. The molecule has 0 aromatic rings. The van der Waals surface area contributed by atoms with Gasteiger partial charge in [-0.25, -0.2) is 4.79 Å². The molecule has 18 heavy (non-hydrogen) atoms. The van der Waals surface area contributed by atoms with Gasteiger partial charge in [-0.1, -0.05) is 18.7 Å². The van der Waals surface area contributed by atoms with Gasteiger partial charge in [-0.15, -0.1) is 0 Å². The van der Waals surface area contributed by atoms with Crippen molar-refractivity contribution in [3.05, 3.63) is 36.6 Å². The number of carbonyl (C=O) groups excluding carboxylic acids is 1. The smallest absolute Gasteiger partial charge is 0.322 e. The van der Waals surface area contributed by atoms with E-state index in [-0.39, 0.29) is 11.6 Å². The Morgan fingerprint density at radius 2 is 2.17 bits per heavy atom. The molecule has 0 atom stereocenters. The monoisotopic (exact) mass is 247 g/mol. The Kier molecular flexibility index (Phi) is 3.87. The fraction of sp³-hybridized carbons (Fsp3) is 0.500. The molecule has 4 heteroatoms. The summed E-state index contributed by atoms with van der Waals surface area (Å²) in [6.07, 6.45) is 9.52. The summed E-state index contributed by atoms with van der Waals surface area (Å²) < 4.78 is 0. The van der Waals surface area contributed by atoms with Crippen LogP contribution in [0.2, 0.25) is 0 Å². The molecule has 2 aliphatic heterocycles. The van der Waals surface area contributed by atoms with Gasteiger partial charge in [0.05, 0.1) is 5.54 Å². The first-order valence-corrected chi connectivity index (χ1v) is 6.48. The second kappa shape index (κ2) is 5.40. The predicted molar refractivity (Wildman–Crippen MR) is 73.2 cm³/mol. The summed E-state index contributed by atoms with van der Waals surface area (Å²) in [5.41, 5.74) is 0.848. The first-order chi connectivity index (χ1) is 8.73. The molecule has 0 aliphatic carbocycles. The van der Waals surface area contributed by atoms with Gasteiger partial charge in [0.25, 0.3) is 0 Å². The summed E-state index contributed by atoms with van der Waals surface area (Å²) >= 11 is 0. The molecule has 2 amide bonds. The van der Waals surface area contributed by atoms with Gasteiger partial charge in [0.2, 0.25) is 0 Å². The first kappa shape index (κ1) is 12.9. The number of piperidine rings is 1. The maximum absolute atomic E-state index is 12.1.